The van der Waals surface area contributed by atoms with Crippen molar-refractivity contribution in [3.05, 3.63) is 52.9 Å². The zero-order chi connectivity index (χ0) is 20.6. The number of primary sulfonamides is 1. The van der Waals surface area contributed by atoms with Crippen LogP contribution in [0.3, 0.4) is 0 Å². The molecule has 9 heteroatoms. The monoisotopic (exact) mass is 423 g/mol. The van der Waals surface area contributed by atoms with Gasteiger partial charge in [0.15, 0.2) is 5.96 Å². The molecule has 1 atom stereocenters. The van der Waals surface area contributed by atoms with Crippen molar-refractivity contribution in [1.82, 2.24) is 15.5 Å². The number of nitrogens with two attached hydrogens (primary N) is 1. The lowest BCUT2D eigenvalue weighted by molar-refractivity contribution is 0.238. The van der Waals surface area contributed by atoms with Gasteiger partial charge in [-0.1, -0.05) is 30.3 Å². The predicted octanol–water partition coefficient (Wildman–Crippen LogP) is 1.97. The van der Waals surface area contributed by atoms with Crippen LogP contribution in [0.1, 0.15) is 23.8 Å². The molecule has 0 aliphatic heterocycles. The molecule has 0 fully saturated rings. The van der Waals surface area contributed by atoms with E-state index in [2.05, 4.69) is 58.8 Å². The number of hydrogen-bond acceptors (Lipinski definition) is 5. The molecule has 0 aliphatic rings. The third-order valence-corrected chi connectivity index (χ3v) is 6.98. The van der Waals surface area contributed by atoms with E-state index < -0.39 is 10.0 Å². The number of aliphatic imine (C=N–C) groups is 1. The van der Waals surface area contributed by atoms with Crippen LogP contribution in [0.15, 0.2) is 51.7 Å². The molecular formula is C19H29N5O2S2. The van der Waals surface area contributed by atoms with Gasteiger partial charge in [0.25, 0.3) is 0 Å². The predicted molar refractivity (Wildman–Crippen MR) is 116 cm³/mol. The number of sulfonamides is 1. The van der Waals surface area contributed by atoms with E-state index in [0.717, 1.165) is 35.7 Å². The fraction of sp³-hybridized carbons (Fsp3) is 0.421. The van der Waals surface area contributed by atoms with Crippen molar-refractivity contribution in [2.45, 2.75) is 36.7 Å². The first kappa shape index (κ1) is 22.4. The average molecular weight is 424 g/mol. The summed E-state index contributed by atoms with van der Waals surface area (Å²) < 4.78 is 22.9. The van der Waals surface area contributed by atoms with Gasteiger partial charge in [0.1, 0.15) is 4.21 Å². The van der Waals surface area contributed by atoms with Gasteiger partial charge >= 0.3 is 0 Å². The summed E-state index contributed by atoms with van der Waals surface area (Å²) in [5.41, 5.74) is 1.30. The third-order valence-electron chi connectivity index (χ3n) is 4.45. The molecule has 0 amide bonds. The molecule has 0 saturated heterocycles. The molecular weight excluding hydrogens is 394 g/mol. The zero-order valence-corrected chi connectivity index (χ0v) is 18.2. The molecule has 0 saturated carbocycles. The molecule has 2 rings (SSSR count). The summed E-state index contributed by atoms with van der Waals surface area (Å²) in [5, 5.41) is 11.6. The van der Waals surface area contributed by atoms with Crippen molar-refractivity contribution < 1.29 is 8.42 Å². The lowest BCUT2D eigenvalue weighted by Crippen LogP contribution is -2.39. The van der Waals surface area contributed by atoms with Crippen molar-refractivity contribution in [3.63, 3.8) is 0 Å². The van der Waals surface area contributed by atoms with E-state index in [9.17, 15) is 8.42 Å². The molecule has 0 aliphatic carbocycles. The van der Waals surface area contributed by atoms with E-state index in [0.29, 0.717) is 18.5 Å². The van der Waals surface area contributed by atoms with Crippen molar-refractivity contribution in [3.8, 4) is 0 Å². The van der Waals surface area contributed by atoms with E-state index in [-0.39, 0.29) is 4.21 Å². The highest BCUT2D eigenvalue weighted by molar-refractivity contribution is 7.91. The number of nitrogens with one attached hydrogen (secondary N) is 2. The second kappa shape index (κ2) is 10.6. The van der Waals surface area contributed by atoms with Crippen molar-refractivity contribution >= 4 is 27.3 Å². The SMILES string of the molecule is CN=C(NCCC(C)N(C)Cc1ccccc1)NCc1ccc(S(N)(=O)=O)s1. The molecule has 4 N–H and O–H groups in total. The maximum Gasteiger partial charge on any atom is 0.247 e. The summed E-state index contributed by atoms with van der Waals surface area (Å²) >= 11 is 1.16. The molecule has 28 heavy (non-hydrogen) atoms. The lowest BCUT2D eigenvalue weighted by Gasteiger charge is -2.25. The van der Waals surface area contributed by atoms with Gasteiger partial charge in [0.05, 0.1) is 6.54 Å². The van der Waals surface area contributed by atoms with Crippen LogP contribution in [-0.4, -0.2) is 46.0 Å². The maximum absolute atomic E-state index is 11.3. The summed E-state index contributed by atoms with van der Waals surface area (Å²) in [6.45, 7) is 4.40. The standard InChI is InChI=1S/C19H29N5O2S2/c1-15(24(3)14-16-7-5-4-6-8-16)11-12-22-19(21-2)23-13-17-9-10-18(27-17)28(20,25)26/h4-10,15H,11-14H2,1-3H3,(H2,20,25,26)(H2,21,22,23). The minimum atomic E-state index is -3.64. The Morgan fingerprint density at radius 2 is 1.93 bits per heavy atom. The number of rotatable bonds is 9. The minimum absolute atomic E-state index is 0.169. The quantitative estimate of drug-likeness (QED) is 0.423. The molecule has 7 nitrogen and oxygen atoms in total. The van der Waals surface area contributed by atoms with Crippen LogP contribution in [0.4, 0.5) is 0 Å². The summed E-state index contributed by atoms with van der Waals surface area (Å²) in [5.74, 6) is 0.684. The van der Waals surface area contributed by atoms with Gasteiger partial charge in [-0.25, -0.2) is 13.6 Å². The van der Waals surface area contributed by atoms with E-state index in [1.54, 1.807) is 13.1 Å². The minimum Gasteiger partial charge on any atom is -0.356 e. The first-order chi connectivity index (χ1) is 13.3. The first-order valence-electron chi connectivity index (χ1n) is 9.10. The summed E-state index contributed by atoms with van der Waals surface area (Å²) in [6.07, 6.45) is 0.971. The first-order valence-corrected chi connectivity index (χ1v) is 11.5. The van der Waals surface area contributed by atoms with Crippen LogP contribution < -0.4 is 15.8 Å². The number of thiophene rings is 1. The summed E-state index contributed by atoms with van der Waals surface area (Å²) in [6, 6.07) is 14.1. The lowest BCUT2D eigenvalue weighted by atomic mass is 10.1. The molecule has 1 heterocycles. The van der Waals surface area contributed by atoms with Crippen molar-refractivity contribution in [2.75, 3.05) is 20.6 Å². The maximum atomic E-state index is 11.3. The van der Waals surface area contributed by atoms with E-state index in [1.807, 2.05) is 6.07 Å². The Bertz CT molecular complexity index is 865. The Kier molecular flexibility index (Phi) is 8.43. The van der Waals surface area contributed by atoms with Crippen LogP contribution >= 0.6 is 11.3 Å². The van der Waals surface area contributed by atoms with Crippen molar-refractivity contribution in [2.24, 2.45) is 10.1 Å². The topological polar surface area (TPSA) is 99.8 Å². The van der Waals surface area contributed by atoms with Gasteiger partial charge in [-0.2, -0.15) is 0 Å². The van der Waals surface area contributed by atoms with Crippen LogP contribution in [0.2, 0.25) is 0 Å². The highest BCUT2D eigenvalue weighted by atomic mass is 32.2. The number of benzene rings is 1. The summed E-state index contributed by atoms with van der Waals surface area (Å²) in [7, 11) is 0.202. The normalized spacial score (nSPS) is 13.5. The molecule has 1 aromatic heterocycles. The van der Waals surface area contributed by atoms with Crippen molar-refractivity contribution in [1.29, 1.82) is 0 Å². The molecule has 2 aromatic rings. The largest absolute Gasteiger partial charge is 0.356 e. The van der Waals surface area contributed by atoms with Crippen LogP contribution in [0.25, 0.3) is 0 Å². The Morgan fingerprint density at radius 3 is 2.54 bits per heavy atom. The molecule has 0 radical (unpaired) electrons. The highest BCUT2D eigenvalue weighted by Crippen LogP contribution is 2.19. The van der Waals surface area contributed by atoms with Gasteiger partial charge in [0.2, 0.25) is 10.0 Å². The molecule has 0 spiro atoms. The third kappa shape index (κ3) is 7.23. The van der Waals surface area contributed by atoms with Gasteiger partial charge in [-0.05, 0) is 38.1 Å². The number of guanidine groups is 1. The van der Waals surface area contributed by atoms with Gasteiger partial charge < -0.3 is 10.6 Å². The smallest absolute Gasteiger partial charge is 0.247 e. The number of nitrogens with zero attached hydrogens (tertiary/aromatic N) is 2. The Hall–Kier alpha value is -1.94. The van der Waals surface area contributed by atoms with Crippen LogP contribution in [0, 0.1) is 0 Å². The zero-order valence-electron chi connectivity index (χ0n) is 16.6. The van der Waals surface area contributed by atoms with Gasteiger partial charge in [-0.3, -0.25) is 9.89 Å². The van der Waals surface area contributed by atoms with E-state index >= 15 is 0 Å². The highest BCUT2D eigenvalue weighted by Gasteiger charge is 2.12. The second-order valence-electron chi connectivity index (χ2n) is 6.66. The average Bonchev–Trinajstić information content (AvgIpc) is 3.14. The van der Waals surface area contributed by atoms with Crippen LogP contribution in [0.5, 0.6) is 0 Å². The molecule has 0 bridgehead atoms. The van der Waals surface area contributed by atoms with Gasteiger partial charge in [-0.15, -0.1) is 11.3 Å². The Labute approximate surface area is 171 Å². The second-order valence-corrected chi connectivity index (χ2v) is 9.61. The van der Waals surface area contributed by atoms with Gasteiger partial charge in [0, 0.05) is 31.1 Å². The Morgan fingerprint density at radius 1 is 1.21 bits per heavy atom. The fourth-order valence-corrected chi connectivity index (χ4v) is 4.36. The molecule has 1 aromatic carbocycles. The summed E-state index contributed by atoms with van der Waals surface area (Å²) in [4.78, 5) is 7.42. The molecule has 154 valence electrons. The van der Waals surface area contributed by atoms with Crippen LogP contribution in [-0.2, 0) is 23.1 Å². The van der Waals surface area contributed by atoms with E-state index in [1.165, 1.54) is 11.6 Å². The molecule has 1 unspecified atom stereocenters. The van der Waals surface area contributed by atoms with E-state index in [4.69, 9.17) is 5.14 Å². The Balaban J connectivity index is 1.73. The fourth-order valence-electron chi connectivity index (χ4n) is 2.64. The number of hydrogen-bond donors (Lipinski definition) is 3.